The molecule has 0 fully saturated rings. The molecule has 1 amide bonds. The molecule has 1 aromatic rings. The van der Waals surface area contributed by atoms with Crippen molar-refractivity contribution in [2.45, 2.75) is 4.84 Å². The molecule has 104 valence electrons. The first-order valence-corrected chi connectivity index (χ1v) is 6.20. The molecule has 0 radical (unpaired) electrons. The minimum Gasteiger partial charge on any atom is -0.496 e. The standard InChI is InChI=1S/C11H10Cl3NO4/c1-18-8-4-7(15-10(16)9(13)14)6(12)3-5(8)11(17)19-2/h3-4,9H,1-2H3,(H,15,16). The summed E-state index contributed by atoms with van der Waals surface area (Å²) in [5.74, 6) is -1.05. The van der Waals surface area contributed by atoms with E-state index in [2.05, 4.69) is 10.1 Å². The summed E-state index contributed by atoms with van der Waals surface area (Å²) in [5.41, 5.74) is 0.365. The Balaban J connectivity index is 3.16. The molecule has 8 heteroatoms. The zero-order valence-corrected chi connectivity index (χ0v) is 12.3. The first-order valence-electron chi connectivity index (χ1n) is 4.95. The predicted molar refractivity (Wildman–Crippen MR) is 73.5 cm³/mol. The fourth-order valence-electron chi connectivity index (χ4n) is 1.27. The number of anilines is 1. The molecule has 0 atom stereocenters. The van der Waals surface area contributed by atoms with Gasteiger partial charge in [-0.1, -0.05) is 34.8 Å². The maximum absolute atomic E-state index is 11.5. The van der Waals surface area contributed by atoms with Crippen molar-refractivity contribution in [1.82, 2.24) is 0 Å². The van der Waals surface area contributed by atoms with Gasteiger partial charge in [0.25, 0.3) is 5.91 Å². The van der Waals surface area contributed by atoms with E-state index in [1.54, 1.807) is 0 Å². The lowest BCUT2D eigenvalue weighted by Gasteiger charge is -2.12. The van der Waals surface area contributed by atoms with Crippen LogP contribution in [0.25, 0.3) is 0 Å². The number of rotatable bonds is 4. The largest absolute Gasteiger partial charge is 0.496 e. The zero-order chi connectivity index (χ0) is 14.6. The maximum Gasteiger partial charge on any atom is 0.341 e. The van der Waals surface area contributed by atoms with Crippen molar-refractivity contribution in [1.29, 1.82) is 0 Å². The Morgan fingerprint density at radius 1 is 1.26 bits per heavy atom. The van der Waals surface area contributed by atoms with Crippen LogP contribution in [-0.4, -0.2) is 30.9 Å². The summed E-state index contributed by atoms with van der Waals surface area (Å²) in [6.45, 7) is 0. The summed E-state index contributed by atoms with van der Waals surface area (Å²) < 4.78 is 9.62. The van der Waals surface area contributed by atoms with Gasteiger partial charge in [0.2, 0.25) is 0 Å². The van der Waals surface area contributed by atoms with Gasteiger partial charge in [0.05, 0.1) is 24.9 Å². The minimum atomic E-state index is -1.23. The van der Waals surface area contributed by atoms with Gasteiger partial charge in [-0.25, -0.2) is 4.79 Å². The van der Waals surface area contributed by atoms with E-state index in [-0.39, 0.29) is 22.0 Å². The SMILES string of the molecule is COC(=O)c1cc(Cl)c(NC(=O)C(Cl)Cl)cc1OC. The normalized spacial score (nSPS) is 10.2. The van der Waals surface area contributed by atoms with Crippen molar-refractivity contribution in [2.24, 2.45) is 0 Å². The third-order valence-electron chi connectivity index (χ3n) is 2.15. The summed E-state index contributed by atoms with van der Waals surface area (Å²) in [6, 6.07) is 2.70. The fourth-order valence-corrected chi connectivity index (χ4v) is 1.59. The molecule has 0 aliphatic rings. The Labute approximate surface area is 124 Å². The molecule has 0 bridgehead atoms. The van der Waals surface area contributed by atoms with E-state index in [9.17, 15) is 9.59 Å². The molecule has 1 rings (SSSR count). The molecular weight excluding hydrogens is 316 g/mol. The van der Waals surface area contributed by atoms with Crippen LogP contribution in [0.3, 0.4) is 0 Å². The van der Waals surface area contributed by atoms with E-state index >= 15 is 0 Å². The van der Waals surface area contributed by atoms with E-state index in [1.165, 1.54) is 26.4 Å². The molecule has 1 aromatic carbocycles. The van der Waals surface area contributed by atoms with Crippen molar-refractivity contribution in [2.75, 3.05) is 19.5 Å². The molecule has 19 heavy (non-hydrogen) atoms. The van der Waals surface area contributed by atoms with Gasteiger partial charge in [-0.2, -0.15) is 0 Å². The number of halogens is 3. The molecular formula is C11H10Cl3NO4. The molecule has 1 N–H and O–H groups in total. The fraction of sp³-hybridized carbons (Fsp3) is 0.273. The van der Waals surface area contributed by atoms with Gasteiger partial charge in [-0.3, -0.25) is 4.79 Å². The smallest absolute Gasteiger partial charge is 0.341 e. The van der Waals surface area contributed by atoms with Crippen LogP contribution in [0.2, 0.25) is 5.02 Å². The van der Waals surface area contributed by atoms with E-state index in [0.717, 1.165) is 0 Å². The van der Waals surface area contributed by atoms with Crippen LogP contribution in [-0.2, 0) is 9.53 Å². The number of alkyl halides is 2. The highest BCUT2D eigenvalue weighted by atomic mass is 35.5. The number of carbonyl (C=O) groups is 2. The molecule has 0 heterocycles. The van der Waals surface area contributed by atoms with Gasteiger partial charge in [-0.05, 0) is 6.07 Å². The van der Waals surface area contributed by atoms with Crippen LogP contribution in [0.5, 0.6) is 5.75 Å². The second-order valence-corrected chi connectivity index (χ2v) is 4.82. The molecule has 0 spiro atoms. The number of carbonyl (C=O) groups excluding carboxylic acids is 2. The highest BCUT2D eigenvalue weighted by Gasteiger charge is 2.19. The molecule has 0 aliphatic heterocycles. The Hall–Kier alpha value is -1.17. The van der Waals surface area contributed by atoms with E-state index in [0.29, 0.717) is 0 Å². The lowest BCUT2D eigenvalue weighted by Crippen LogP contribution is -2.19. The third kappa shape index (κ3) is 3.89. The number of methoxy groups -OCH3 is 2. The Bertz CT molecular complexity index is 505. The third-order valence-corrected chi connectivity index (χ3v) is 2.86. The monoisotopic (exact) mass is 325 g/mol. The Morgan fingerprint density at radius 2 is 1.89 bits per heavy atom. The second-order valence-electron chi connectivity index (χ2n) is 3.31. The first kappa shape index (κ1) is 15.9. The van der Waals surface area contributed by atoms with Gasteiger partial charge in [-0.15, -0.1) is 0 Å². The minimum absolute atomic E-state index is 0.128. The van der Waals surface area contributed by atoms with Crippen molar-refractivity contribution >= 4 is 52.4 Å². The van der Waals surface area contributed by atoms with Gasteiger partial charge >= 0.3 is 5.97 Å². The van der Waals surface area contributed by atoms with Crippen molar-refractivity contribution in [3.8, 4) is 5.75 Å². The highest BCUT2D eigenvalue weighted by Crippen LogP contribution is 2.31. The molecule has 5 nitrogen and oxygen atoms in total. The van der Waals surface area contributed by atoms with Crippen LogP contribution < -0.4 is 10.1 Å². The lowest BCUT2D eigenvalue weighted by atomic mass is 10.1. The number of benzene rings is 1. The number of hydrogen-bond donors (Lipinski definition) is 1. The first-order chi connectivity index (χ1) is 8.90. The number of nitrogens with one attached hydrogen (secondary N) is 1. The van der Waals surface area contributed by atoms with Gasteiger partial charge in [0, 0.05) is 6.07 Å². The average molecular weight is 327 g/mol. The lowest BCUT2D eigenvalue weighted by molar-refractivity contribution is -0.114. The van der Waals surface area contributed by atoms with Crippen molar-refractivity contribution in [3.05, 3.63) is 22.7 Å². The summed E-state index contributed by atoms with van der Waals surface area (Å²) in [7, 11) is 2.60. The van der Waals surface area contributed by atoms with E-state index in [1.807, 2.05) is 0 Å². The topological polar surface area (TPSA) is 64.6 Å². The zero-order valence-electron chi connectivity index (χ0n) is 10.00. The average Bonchev–Trinajstić information content (AvgIpc) is 2.39. The van der Waals surface area contributed by atoms with E-state index < -0.39 is 16.7 Å². The molecule has 0 aromatic heterocycles. The summed E-state index contributed by atoms with van der Waals surface area (Å²) in [6.07, 6.45) is 0. The van der Waals surface area contributed by atoms with Crippen LogP contribution in [0, 0.1) is 0 Å². The summed E-state index contributed by atoms with van der Waals surface area (Å²) >= 11 is 16.8. The number of hydrogen-bond acceptors (Lipinski definition) is 4. The predicted octanol–water partition coefficient (Wildman–Crippen LogP) is 2.88. The quantitative estimate of drug-likeness (QED) is 0.682. The summed E-state index contributed by atoms with van der Waals surface area (Å²) in [5, 5.41) is 2.53. The molecule has 0 unspecified atom stereocenters. The Morgan fingerprint density at radius 3 is 2.37 bits per heavy atom. The van der Waals surface area contributed by atoms with Gasteiger partial charge < -0.3 is 14.8 Å². The van der Waals surface area contributed by atoms with Crippen LogP contribution >= 0.6 is 34.8 Å². The summed E-state index contributed by atoms with van der Waals surface area (Å²) in [4.78, 5) is 21.6. The van der Waals surface area contributed by atoms with E-state index in [4.69, 9.17) is 39.5 Å². The molecule has 0 saturated heterocycles. The van der Waals surface area contributed by atoms with Crippen LogP contribution in [0.15, 0.2) is 12.1 Å². The molecule has 0 aliphatic carbocycles. The van der Waals surface area contributed by atoms with Crippen LogP contribution in [0.1, 0.15) is 10.4 Å². The van der Waals surface area contributed by atoms with Gasteiger partial charge in [0.1, 0.15) is 11.3 Å². The van der Waals surface area contributed by atoms with Crippen molar-refractivity contribution in [3.63, 3.8) is 0 Å². The van der Waals surface area contributed by atoms with Crippen LogP contribution in [0.4, 0.5) is 5.69 Å². The number of esters is 1. The molecule has 0 saturated carbocycles. The number of ether oxygens (including phenoxy) is 2. The Kier molecular flexibility index (Phi) is 5.72. The van der Waals surface area contributed by atoms with Crippen molar-refractivity contribution < 1.29 is 19.1 Å². The second kappa shape index (κ2) is 6.84. The highest BCUT2D eigenvalue weighted by molar-refractivity contribution is 6.54. The number of amides is 1. The van der Waals surface area contributed by atoms with Gasteiger partial charge in [0.15, 0.2) is 4.84 Å². The maximum atomic E-state index is 11.5.